The molecule has 1 atom stereocenters. The first kappa shape index (κ1) is 21.5. The van der Waals surface area contributed by atoms with Gasteiger partial charge in [0.25, 0.3) is 0 Å². The van der Waals surface area contributed by atoms with Crippen LogP contribution in [0.2, 0.25) is 0 Å². The summed E-state index contributed by atoms with van der Waals surface area (Å²) in [6, 6.07) is 0.356. The van der Waals surface area contributed by atoms with Crippen LogP contribution < -0.4 is 5.32 Å². The summed E-state index contributed by atoms with van der Waals surface area (Å²) in [6.45, 7) is 8.30. The molecule has 0 aromatic rings. The Morgan fingerprint density at radius 2 is 2.00 bits per heavy atom. The predicted molar refractivity (Wildman–Crippen MR) is 108 cm³/mol. The molecule has 2 heterocycles. The molecule has 7 heteroatoms. The number of amides is 1. The molecule has 0 saturated carbocycles. The van der Waals surface area contributed by atoms with E-state index in [2.05, 4.69) is 29.1 Å². The van der Waals surface area contributed by atoms with E-state index in [-0.39, 0.29) is 36.4 Å². The highest BCUT2D eigenvalue weighted by molar-refractivity contribution is 14.0. The maximum absolute atomic E-state index is 11.9. The molecule has 0 bridgehead atoms. The van der Waals surface area contributed by atoms with Crippen LogP contribution in [-0.2, 0) is 9.53 Å². The van der Waals surface area contributed by atoms with Crippen LogP contribution in [0.15, 0.2) is 4.99 Å². The van der Waals surface area contributed by atoms with Gasteiger partial charge in [-0.15, -0.1) is 24.0 Å². The molecule has 140 valence electrons. The van der Waals surface area contributed by atoms with Crippen LogP contribution in [0.1, 0.15) is 39.5 Å². The van der Waals surface area contributed by atoms with Crippen LogP contribution in [0.4, 0.5) is 0 Å². The van der Waals surface area contributed by atoms with Crippen molar-refractivity contribution in [1.29, 1.82) is 0 Å². The first-order valence-electron chi connectivity index (χ1n) is 8.79. The van der Waals surface area contributed by atoms with Crippen LogP contribution in [-0.4, -0.2) is 74.7 Å². The van der Waals surface area contributed by atoms with Gasteiger partial charge in [0.05, 0.1) is 0 Å². The minimum Gasteiger partial charge on any atom is -0.381 e. The first-order valence-corrected chi connectivity index (χ1v) is 8.79. The highest BCUT2D eigenvalue weighted by Gasteiger charge is 2.40. The van der Waals surface area contributed by atoms with Gasteiger partial charge in [-0.1, -0.05) is 6.92 Å². The molecular formula is C17H33IN4O2. The number of nitrogens with zero attached hydrogens (tertiary/aromatic N) is 3. The summed E-state index contributed by atoms with van der Waals surface area (Å²) in [7, 11) is 3.54. The summed E-state index contributed by atoms with van der Waals surface area (Å²) < 4.78 is 5.52. The highest BCUT2D eigenvalue weighted by Crippen LogP contribution is 2.39. The zero-order valence-electron chi connectivity index (χ0n) is 15.5. The third-order valence-corrected chi connectivity index (χ3v) is 5.14. The van der Waals surface area contributed by atoms with Crippen LogP contribution in [0.3, 0.4) is 0 Å². The van der Waals surface area contributed by atoms with Gasteiger partial charge in [-0.05, 0) is 38.0 Å². The SMILES string of the molecule is CCC(C)NC(=NCC(=O)N(C)C)N1CCC2(CCOCC2)C1.I. The summed E-state index contributed by atoms with van der Waals surface area (Å²) in [5.74, 6) is 0.923. The Morgan fingerprint density at radius 3 is 2.58 bits per heavy atom. The average molecular weight is 452 g/mol. The molecular weight excluding hydrogens is 419 g/mol. The van der Waals surface area contributed by atoms with Gasteiger partial charge in [-0.3, -0.25) is 4.79 Å². The van der Waals surface area contributed by atoms with Crippen LogP contribution >= 0.6 is 24.0 Å². The number of ether oxygens (including phenoxy) is 1. The molecule has 6 nitrogen and oxygen atoms in total. The van der Waals surface area contributed by atoms with Crippen molar-refractivity contribution >= 4 is 35.8 Å². The maximum atomic E-state index is 11.9. The number of guanidine groups is 1. The van der Waals surface area contributed by atoms with E-state index in [1.54, 1.807) is 19.0 Å². The normalized spacial score (nSPS) is 21.3. The van der Waals surface area contributed by atoms with E-state index in [9.17, 15) is 4.79 Å². The molecule has 0 aromatic carbocycles. The van der Waals surface area contributed by atoms with Gasteiger partial charge < -0.3 is 19.9 Å². The lowest BCUT2D eigenvalue weighted by Gasteiger charge is -2.34. The lowest BCUT2D eigenvalue weighted by Crippen LogP contribution is -2.46. The molecule has 0 aromatic heterocycles. The fourth-order valence-electron chi connectivity index (χ4n) is 3.17. The monoisotopic (exact) mass is 452 g/mol. The van der Waals surface area contributed by atoms with E-state index >= 15 is 0 Å². The number of carbonyl (C=O) groups is 1. The second-order valence-electron chi connectivity index (χ2n) is 7.17. The van der Waals surface area contributed by atoms with Crippen molar-refractivity contribution in [2.45, 2.75) is 45.6 Å². The lowest BCUT2D eigenvalue weighted by molar-refractivity contribution is -0.127. The van der Waals surface area contributed by atoms with E-state index in [1.807, 2.05) is 0 Å². The Kier molecular flexibility index (Phi) is 8.76. The van der Waals surface area contributed by atoms with Crippen molar-refractivity contribution in [2.75, 3.05) is 46.9 Å². The molecule has 2 rings (SSSR count). The van der Waals surface area contributed by atoms with Crippen LogP contribution in [0.25, 0.3) is 0 Å². The topological polar surface area (TPSA) is 57.2 Å². The minimum atomic E-state index is 0. The number of halogens is 1. The Bertz CT molecular complexity index is 436. The highest BCUT2D eigenvalue weighted by atomic mass is 127. The minimum absolute atomic E-state index is 0. The van der Waals surface area contributed by atoms with Gasteiger partial charge in [-0.2, -0.15) is 0 Å². The van der Waals surface area contributed by atoms with Crippen molar-refractivity contribution in [3.63, 3.8) is 0 Å². The number of hydrogen-bond acceptors (Lipinski definition) is 3. The predicted octanol–water partition coefficient (Wildman–Crippen LogP) is 1.94. The lowest BCUT2D eigenvalue weighted by atomic mass is 9.80. The van der Waals surface area contributed by atoms with Crippen LogP contribution in [0, 0.1) is 5.41 Å². The second kappa shape index (κ2) is 9.79. The number of likely N-dealkylation sites (tertiary alicyclic amines) is 1. The molecule has 0 aliphatic carbocycles. The van der Waals surface area contributed by atoms with Crippen molar-refractivity contribution in [3.05, 3.63) is 0 Å². The largest absolute Gasteiger partial charge is 0.381 e. The number of rotatable bonds is 4. The van der Waals surface area contributed by atoms with Gasteiger partial charge in [0, 0.05) is 46.4 Å². The number of nitrogens with one attached hydrogen (secondary N) is 1. The molecule has 1 unspecified atom stereocenters. The Hall–Kier alpha value is -0.570. The van der Waals surface area contributed by atoms with E-state index in [4.69, 9.17) is 4.74 Å². The molecule has 2 saturated heterocycles. The number of likely N-dealkylation sites (N-methyl/N-ethyl adjacent to an activating group) is 1. The fourth-order valence-corrected chi connectivity index (χ4v) is 3.17. The number of carbonyl (C=O) groups excluding carboxylic acids is 1. The quantitative estimate of drug-likeness (QED) is 0.403. The molecule has 2 aliphatic rings. The van der Waals surface area contributed by atoms with E-state index in [0.29, 0.717) is 11.5 Å². The second-order valence-corrected chi connectivity index (χ2v) is 7.17. The number of aliphatic imine (C=N–C) groups is 1. The van der Waals surface area contributed by atoms with Gasteiger partial charge in [0.1, 0.15) is 6.54 Å². The third kappa shape index (κ3) is 5.75. The zero-order valence-corrected chi connectivity index (χ0v) is 17.8. The maximum Gasteiger partial charge on any atom is 0.243 e. The molecule has 1 spiro atoms. The molecule has 2 aliphatic heterocycles. The van der Waals surface area contributed by atoms with Crippen LogP contribution in [0.5, 0.6) is 0 Å². The van der Waals surface area contributed by atoms with E-state index in [1.165, 1.54) is 6.42 Å². The first-order chi connectivity index (χ1) is 11.0. The Morgan fingerprint density at radius 1 is 1.33 bits per heavy atom. The summed E-state index contributed by atoms with van der Waals surface area (Å²) >= 11 is 0. The third-order valence-electron chi connectivity index (χ3n) is 5.14. The fraction of sp³-hybridized carbons (Fsp3) is 0.882. The van der Waals surface area contributed by atoms with Gasteiger partial charge in [0.2, 0.25) is 5.91 Å². The van der Waals surface area contributed by atoms with Gasteiger partial charge in [-0.25, -0.2) is 4.99 Å². The van der Waals surface area contributed by atoms with E-state index in [0.717, 1.165) is 51.5 Å². The van der Waals surface area contributed by atoms with Crippen molar-refractivity contribution in [3.8, 4) is 0 Å². The molecule has 0 radical (unpaired) electrons. The summed E-state index contributed by atoms with van der Waals surface area (Å²) in [5.41, 5.74) is 0.377. The Labute approximate surface area is 163 Å². The standard InChI is InChI=1S/C17H32N4O2.HI/c1-5-14(2)19-16(18-12-15(22)20(3)4)21-9-6-17(13-21)7-10-23-11-8-17;/h14H,5-13H2,1-4H3,(H,18,19);1H. The molecule has 1 amide bonds. The molecule has 2 fully saturated rings. The van der Waals surface area contributed by atoms with Crippen molar-refractivity contribution in [2.24, 2.45) is 10.4 Å². The average Bonchev–Trinajstić information content (AvgIpc) is 2.94. The molecule has 24 heavy (non-hydrogen) atoms. The summed E-state index contributed by atoms with van der Waals surface area (Å²) in [6.07, 6.45) is 4.50. The smallest absolute Gasteiger partial charge is 0.243 e. The Balaban J connectivity index is 0.00000288. The summed E-state index contributed by atoms with van der Waals surface area (Å²) in [5, 5.41) is 3.50. The van der Waals surface area contributed by atoms with Crippen molar-refractivity contribution < 1.29 is 9.53 Å². The van der Waals surface area contributed by atoms with Gasteiger partial charge in [0.15, 0.2) is 5.96 Å². The van der Waals surface area contributed by atoms with Gasteiger partial charge >= 0.3 is 0 Å². The molecule has 1 N–H and O–H groups in total. The number of hydrogen-bond donors (Lipinski definition) is 1. The summed E-state index contributed by atoms with van der Waals surface area (Å²) in [4.78, 5) is 20.4. The van der Waals surface area contributed by atoms with E-state index < -0.39 is 0 Å². The zero-order chi connectivity index (χ0) is 16.9. The van der Waals surface area contributed by atoms with Crippen molar-refractivity contribution in [1.82, 2.24) is 15.1 Å².